The van der Waals surface area contributed by atoms with Crippen LogP contribution in [-0.4, -0.2) is 47.2 Å². The Bertz CT molecular complexity index is 888. The van der Waals surface area contributed by atoms with E-state index in [1.807, 2.05) is 54.6 Å². The van der Waals surface area contributed by atoms with Crippen LogP contribution < -0.4 is 10.2 Å². The fourth-order valence-corrected chi connectivity index (χ4v) is 2.85. The van der Waals surface area contributed by atoms with E-state index in [-0.39, 0.29) is 11.6 Å². The second-order valence-electron chi connectivity index (χ2n) is 5.96. The number of hydrogen-bond donors (Lipinski definition) is 1. The molecule has 2 heterocycles. The molecule has 0 saturated carbocycles. The smallest absolute Gasteiger partial charge is 0.277 e. The van der Waals surface area contributed by atoms with Gasteiger partial charge in [0.05, 0.1) is 25.1 Å². The van der Waals surface area contributed by atoms with Crippen molar-refractivity contribution in [2.75, 3.05) is 36.5 Å². The third-order valence-electron chi connectivity index (χ3n) is 4.19. The van der Waals surface area contributed by atoms with E-state index in [0.29, 0.717) is 0 Å². The number of benzene rings is 2. The highest BCUT2D eigenvalue weighted by Crippen LogP contribution is 2.21. The average Bonchev–Trinajstić information content (AvgIpc) is 3.20. The molecule has 1 fully saturated rings. The highest BCUT2D eigenvalue weighted by Gasteiger charge is 2.14. The molecule has 26 heavy (non-hydrogen) atoms. The highest BCUT2D eigenvalue weighted by atomic mass is 16.5. The lowest BCUT2D eigenvalue weighted by Crippen LogP contribution is -2.36. The van der Waals surface area contributed by atoms with E-state index in [1.165, 1.54) is 11.0 Å². The summed E-state index contributed by atoms with van der Waals surface area (Å²) in [6.07, 6.45) is 1.47. The standard InChI is InChI=1S/C19H19N5O2/c25-19(18-14-20-24(22-18)16-6-2-1-3-7-16)21-15-5-4-8-17(13-15)23-9-11-26-12-10-23/h1-8,13-14H,9-12H2,(H,21,25). The quantitative estimate of drug-likeness (QED) is 0.783. The molecule has 4 rings (SSSR count). The van der Waals surface area contributed by atoms with E-state index in [9.17, 15) is 4.79 Å². The number of hydrogen-bond acceptors (Lipinski definition) is 5. The van der Waals surface area contributed by atoms with E-state index < -0.39 is 0 Å². The van der Waals surface area contributed by atoms with Crippen molar-refractivity contribution in [3.05, 3.63) is 66.5 Å². The summed E-state index contributed by atoms with van der Waals surface area (Å²) < 4.78 is 5.38. The summed E-state index contributed by atoms with van der Waals surface area (Å²) in [5.74, 6) is -0.286. The minimum atomic E-state index is -0.286. The van der Waals surface area contributed by atoms with Gasteiger partial charge in [0.15, 0.2) is 5.69 Å². The van der Waals surface area contributed by atoms with E-state index in [2.05, 4.69) is 20.4 Å². The first-order valence-electron chi connectivity index (χ1n) is 8.51. The Morgan fingerprint density at radius 3 is 2.58 bits per heavy atom. The number of anilines is 2. The van der Waals surface area contributed by atoms with Crippen molar-refractivity contribution in [2.45, 2.75) is 0 Å². The van der Waals surface area contributed by atoms with Crippen molar-refractivity contribution in [2.24, 2.45) is 0 Å². The van der Waals surface area contributed by atoms with Crippen molar-refractivity contribution < 1.29 is 9.53 Å². The molecule has 0 aliphatic carbocycles. The average molecular weight is 349 g/mol. The number of amides is 1. The predicted octanol–water partition coefficient (Wildman–Crippen LogP) is 2.36. The number of carbonyl (C=O) groups is 1. The number of rotatable bonds is 4. The van der Waals surface area contributed by atoms with Gasteiger partial charge in [0.2, 0.25) is 0 Å². The normalized spacial score (nSPS) is 14.2. The van der Waals surface area contributed by atoms with Gasteiger partial charge in [0, 0.05) is 24.5 Å². The molecule has 2 aromatic carbocycles. The third kappa shape index (κ3) is 3.57. The number of para-hydroxylation sites is 1. The lowest BCUT2D eigenvalue weighted by Gasteiger charge is -2.29. The molecule has 0 spiro atoms. The molecule has 0 radical (unpaired) electrons. The Kier molecular flexibility index (Phi) is 4.61. The Labute approximate surface area is 151 Å². The predicted molar refractivity (Wildman–Crippen MR) is 98.8 cm³/mol. The molecule has 7 heteroatoms. The number of ether oxygens (including phenoxy) is 1. The first-order chi connectivity index (χ1) is 12.8. The molecule has 3 aromatic rings. The summed E-state index contributed by atoms with van der Waals surface area (Å²) in [4.78, 5) is 16.2. The van der Waals surface area contributed by atoms with Crippen LogP contribution >= 0.6 is 0 Å². The summed E-state index contributed by atoms with van der Waals surface area (Å²) in [6, 6.07) is 17.3. The van der Waals surface area contributed by atoms with Gasteiger partial charge in [-0.2, -0.15) is 9.90 Å². The Hall–Kier alpha value is -3.19. The Balaban J connectivity index is 1.47. The topological polar surface area (TPSA) is 72.3 Å². The largest absolute Gasteiger partial charge is 0.378 e. The molecule has 1 saturated heterocycles. The highest BCUT2D eigenvalue weighted by molar-refractivity contribution is 6.02. The summed E-state index contributed by atoms with van der Waals surface area (Å²) in [5, 5.41) is 11.3. The van der Waals surface area contributed by atoms with Gasteiger partial charge >= 0.3 is 0 Å². The van der Waals surface area contributed by atoms with Crippen LogP contribution in [0.3, 0.4) is 0 Å². The van der Waals surface area contributed by atoms with Gasteiger partial charge in [-0.25, -0.2) is 0 Å². The molecule has 0 unspecified atom stereocenters. The molecular formula is C19H19N5O2. The third-order valence-corrected chi connectivity index (χ3v) is 4.19. The number of nitrogens with zero attached hydrogens (tertiary/aromatic N) is 4. The Morgan fingerprint density at radius 2 is 1.77 bits per heavy atom. The van der Waals surface area contributed by atoms with Crippen LogP contribution in [0.1, 0.15) is 10.5 Å². The molecule has 7 nitrogen and oxygen atoms in total. The summed E-state index contributed by atoms with van der Waals surface area (Å²) in [7, 11) is 0. The van der Waals surface area contributed by atoms with Crippen LogP contribution in [0.15, 0.2) is 60.8 Å². The number of aromatic nitrogens is 3. The monoisotopic (exact) mass is 349 g/mol. The van der Waals surface area contributed by atoms with E-state index in [4.69, 9.17) is 4.74 Å². The first kappa shape index (κ1) is 16.3. The number of nitrogens with one attached hydrogen (secondary N) is 1. The zero-order valence-corrected chi connectivity index (χ0v) is 14.2. The molecule has 1 aromatic heterocycles. The zero-order chi connectivity index (χ0) is 17.8. The van der Waals surface area contributed by atoms with Crippen molar-refractivity contribution in [1.29, 1.82) is 0 Å². The fourth-order valence-electron chi connectivity index (χ4n) is 2.85. The number of morpholine rings is 1. The molecule has 1 aliphatic rings. The van der Waals surface area contributed by atoms with Crippen LogP contribution in [0, 0.1) is 0 Å². The maximum absolute atomic E-state index is 12.5. The molecule has 1 aliphatic heterocycles. The molecule has 1 amide bonds. The van der Waals surface area contributed by atoms with E-state index in [0.717, 1.165) is 43.4 Å². The molecular weight excluding hydrogens is 330 g/mol. The van der Waals surface area contributed by atoms with Gasteiger partial charge < -0.3 is 15.0 Å². The minimum Gasteiger partial charge on any atom is -0.378 e. The van der Waals surface area contributed by atoms with Crippen LogP contribution in [0.2, 0.25) is 0 Å². The summed E-state index contributed by atoms with van der Waals surface area (Å²) >= 11 is 0. The van der Waals surface area contributed by atoms with E-state index in [1.54, 1.807) is 0 Å². The van der Waals surface area contributed by atoms with Crippen LogP contribution in [0.4, 0.5) is 11.4 Å². The lowest BCUT2D eigenvalue weighted by atomic mass is 10.2. The lowest BCUT2D eigenvalue weighted by molar-refractivity contribution is 0.102. The van der Waals surface area contributed by atoms with Gasteiger partial charge in [-0.15, -0.1) is 5.10 Å². The van der Waals surface area contributed by atoms with Crippen molar-refractivity contribution >= 4 is 17.3 Å². The number of carbonyl (C=O) groups excluding carboxylic acids is 1. The second kappa shape index (κ2) is 7.37. The van der Waals surface area contributed by atoms with Gasteiger partial charge in [-0.05, 0) is 30.3 Å². The molecule has 132 valence electrons. The second-order valence-corrected chi connectivity index (χ2v) is 5.96. The van der Waals surface area contributed by atoms with Gasteiger partial charge in [-0.3, -0.25) is 4.79 Å². The van der Waals surface area contributed by atoms with Crippen LogP contribution in [0.25, 0.3) is 5.69 Å². The zero-order valence-electron chi connectivity index (χ0n) is 14.2. The van der Waals surface area contributed by atoms with Crippen LogP contribution in [0.5, 0.6) is 0 Å². The van der Waals surface area contributed by atoms with Crippen molar-refractivity contribution in [3.63, 3.8) is 0 Å². The van der Waals surface area contributed by atoms with Gasteiger partial charge in [0.25, 0.3) is 5.91 Å². The van der Waals surface area contributed by atoms with Crippen molar-refractivity contribution in [3.8, 4) is 5.69 Å². The van der Waals surface area contributed by atoms with Crippen molar-refractivity contribution in [1.82, 2.24) is 15.0 Å². The molecule has 0 atom stereocenters. The maximum atomic E-state index is 12.5. The minimum absolute atomic E-state index is 0.269. The SMILES string of the molecule is O=C(Nc1cccc(N2CCOCC2)c1)c1cnn(-c2ccccc2)n1. The van der Waals surface area contributed by atoms with Gasteiger partial charge in [-0.1, -0.05) is 24.3 Å². The summed E-state index contributed by atoms with van der Waals surface area (Å²) in [5.41, 5.74) is 2.87. The first-order valence-corrected chi connectivity index (χ1v) is 8.51. The Morgan fingerprint density at radius 1 is 1.00 bits per heavy atom. The molecule has 1 N–H and O–H groups in total. The van der Waals surface area contributed by atoms with Crippen LogP contribution in [-0.2, 0) is 4.74 Å². The molecule has 0 bridgehead atoms. The van der Waals surface area contributed by atoms with E-state index >= 15 is 0 Å². The maximum Gasteiger partial charge on any atom is 0.277 e. The van der Waals surface area contributed by atoms with Gasteiger partial charge in [0.1, 0.15) is 0 Å². The fraction of sp³-hybridized carbons (Fsp3) is 0.211. The summed E-state index contributed by atoms with van der Waals surface area (Å²) in [6.45, 7) is 3.14.